The second-order valence-corrected chi connectivity index (χ2v) is 6.25. The molecule has 2 atom stereocenters. The van der Waals surface area contributed by atoms with Crippen LogP contribution in [0.25, 0.3) is 0 Å². The van der Waals surface area contributed by atoms with Gasteiger partial charge in [0.05, 0.1) is 6.10 Å². The lowest BCUT2D eigenvalue weighted by atomic mass is 9.91. The number of fused-ring (bicyclic) bond motifs is 1. The molecule has 3 rings (SSSR count). The van der Waals surface area contributed by atoms with Crippen molar-refractivity contribution in [3.8, 4) is 0 Å². The van der Waals surface area contributed by atoms with Crippen LogP contribution in [0.5, 0.6) is 0 Å². The highest BCUT2D eigenvalue weighted by atomic mass is 35.5. The molecule has 1 aliphatic rings. The van der Waals surface area contributed by atoms with Gasteiger partial charge >= 0.3 is 5.97 Å². The van der Waals surface area contributed by atoms with Crippen LogP contribution in [0.15, 0.2) is 48.5 Å². The molecule has 120 valence electrons. The van der Waals surface area contributed by atoms with Crippen molar-refractivity contribution < 1.29 is 15.0 Å². The van der Waals surface area contributed by atoms with Crippen LogP contribution >= 0.6 is 11.6 Å². The number of hydrogen-bond acceptors (Lipinski definition) is 3. The third-order valence-corrected chi connectivity index (χ3v) is 4.72. The van der Waals surface area contributed by atoms with Crippen molar-refractivity contribution in [2.24, 2.45) is 0 Å². The smallest absolute Gasteiger partial charge is 0.328 e. The standard InChI is InChI=1S/C18H18ClNO3/c19-14-7-5-13(6-8-14)16(21)11-20-18(17(22)23)10-9-12-3-1-2-4-15(12)18/h1-8,16,20-21H,9-11H2,(H,22,23)/t16-,18?/m0/s1. The van der Waals surface area contributed by atoms with Crippen molar-refractivity contribution in [2.75, 3.05) is 6.54 Å². The predicted molar refractivity (Wildman–Crippen MR) is 88.5 cm³/mol. The zero-order valence-corrected chi connectivity index (χ0v) is 13.3. The van der Waals surface area contributed by atoms with Gasteiger partial charge in [-0.3, -0.25) is 5.32 Å². The normalized spacial score (nSPS) is 21.0. The molecule has 1 unspecified atom stereocenters. The molecule has 3 N–H and O–H groups in total. The number of aliphatic hydroxyl groups is 1. The minimum absolute atomic E-state index is 0.155. The third kappa shape index (κ3) is 2.98. The zero-order valence-electron chi connectivity index (χ0n) is 12.5. The average molecular weight is 332 g/mol. The van der Waals surface area contributed by atoms with Crippen LogP contribution in [0.1, 0.15) is 29.2 Å². The highest BCUT2D eigenvalue weighted by Gasteiger charge is 2.45. The van der Waals surface area contributed by atoms with Gasteiger partial charge < -0.3 is 10.2 Å². The van der Waals surface area contributed by atoms with E-state index in [0.29, 0.717) is 23.4 Å². The topological polar surface area (TPSA) is 69.6 Å². The molecule has 0 bridgehead atoms. The first-order valence-corrected chi connectivity index (χ1v) is 7.91. The Kier molecular flexibility index (Phi) is 4.39. The molecule has 0 heterocycles. The van der Waals surface area contributed by atoms with Gasteiger partial charge in [-0.1, -0.05) is 48.0 Å². The van der Waals surface area contributed by atoms with E-state index in [4.69, 9.17) is 11.6 Å². The lowest BCUT2D eigenvalue weighted by Crippen LogP contribution is -2.49. The Morgan fingerprint density at radius 1 is 1.22 bits per heavy atom. The van der Waals surface area contributed by atoms with Crippen molar-refractivity contribution in [1.82, 2.24) is 5.32 Å². The van der Waals surface area contributed by atoms with E-state index in [2.05, 4.69) is 5.32 Å². The second-order valence-electron chi connectivity index (χ2n) is 5.82. The number of carboxylic acid groups (broad SMARTS) is 1. The fourth-order valence-electron chi connectivity index (χ4n) is 3.17. The lowest BCUT2D eigenvalue weighted by molar-refractivity contribution is -0.145. The van der Waals surface area contributed by atoms with Crippen molar-refractivity contribution in [2.45, 2.75) is 24.5 Å². The number of carboxylic acids is 1. The van der Waals surface area contributed by atoms with E-state index in [1.54, 1.807) is 24.3 Å². The maximum Gasteiger partial charge on any atom is 0.328 e. The molecule has 0 aliphatic heterocycles. The number of benzene rings is 2. The average Bonchev–Trinajstić information content (AvgIpc) is 2.93. The van der Waals surface area contributed by atoms with E-state index >= 15 is 0 Å². The first-order chi connectivity index (χ1) is 11.0. The number of aliphatic hydroxyl groups excluding tert-OH is 1. The molecular formula is C18H18ClNO3. The van der Waals surface area contributed by atoms with E-state index in [1.807, 2.05) is 24.3 Å². The number of halogens is 1. The minimum Gasteiger partial charge on any atom is -0.480 e. The van der Waals surface area contributed by atoms with E-state index in [9.17, 15) is 15.0 Å². The van der Waals surface area contributed by atoms with Gasteiger partial charge in [0, 0.05) is 11.6 Å². The largest absolute Gasteiger partial charge is 0.480 e. The number of carbonyl (C=O) groups is 1. The molecule has 0 radical (unpaired) electrons. The Bertz CT molecular complexity index is 716. The van der Waals surface area contributed by atoms with Gasteiger partial charge in [0.1, 0.15) is 5.54 Å². The van der Waals surface area contributed by atoms with Crippen LogP contribution in [0.4, 0.5) is 0 Å². The quantitative estimate of drug-likeness (QED) is 0.788. The molecule has 0 fully saturated rings. The molecule has 0 saturated heterocycles. The summed E-state index contributed by atoms with van der Waals surface area (Å²) in [6.07, 6.45) is 0.401. The molecular weight excluding hydrogens is 314 g/mol. The van der Waals surface area contributed by atoms with Crippen LogP contribution in [-0.2, 0) is 16.8 Å². The van der Waals surface area contributed by atoms with Crippen LogP contribution in [0.3, 0.4) is 0 Å². The SMILES string of the molecule is O=C(O)C1(NC[C@H](O)c2ccc(Cl)cc2)CCc2ccccc21. The summed E-state index contributed by atoms with van der Waals surface area (Å²) in [5, 5.41) is 23.8. The molecule has 4 nitrogen and oxygen atoms in total. The first kappa shape index (κ1) is 16.0. The Labute approximate surface area is 139 Å². The van der Waals surface area contributed by atoms with Crippen molar-refractivity contribution in [3.05, 3.63) is 70.2 Å². The summed E-state index contributed by atoms with van der Waals surface area (Å²) in [5.74, 6) is -0.911. The highest BCUT2D eigenvalue weighted by Crippen LogP contribution is 2.37. The van der Waals surface area contributed by atoms with Crippen LogP contribution in [0.2, 0.25) is 5.02 Å². The number of nitrogens with one attached hydrogen (secondary N) is 1. The van der Waals surface area contributed by atoms with Gasteiger partial charge in [-0.05, 0) is 41.7 Å². The van der Waals surface area contributed by atoms with Gasteiger partial charge in [0.2, 0.25) is 0 Å². The monoisotopic (exact) mass is 331 g/mol. The van der Waals surface area contributed by atoms with Gasteiger partial charge in [-0.15, -0.1) is 0 Å². The number of hydrogen-bond donors (Lipinski definition) is 3. The summed E-state index contributed by atoms with van der Waals surface area (Å²) in [5.41, 5.74) is 1.40. The molecule has 0 saturated carbocycles. The van der Waals surface area contributed by atoms with Crippen LogP contribution < -0.4 is 5.32 Å². The first-order valence-electron chi connectivity index (χ1n) is 7.53. The molecule has 0 aromatic heterocycles. The Hall–Kier alpha value is -1.88. The molecule has 0 spiro atoms. The van der Waals surface area contributed by atoms with E-state index in [-0.39, 0.29) is 6.54 Å². The van der Waals surface area contributed by atoms with Gasteiger partial charge in [0.15, 0.2) is 0 Å². The van der Waals surface area contributed by atoms with Crippen molar-refractivity contribution in [3.63, 3.8) is 0 Å². The lowest BCUT2D eigenvalue weighted by Gasteiger charge is -2.28. The summed E-state index contributed by atoms with van der Waals surface area (Å²) in [4.78, 5) is 11.9. The molecule has 5 heteroatoms. The van der Waals surface area contributed by atoms with Crippen LogP contribution in [0, 0.1) is 0 Å². The molecule has 2 aromatic carbocycles. The van der Waals surface area contributed by atoms with Gasteiger partial charge in [-0.25, -0.2) is 4.79 Å². The number of rotatable bonds is 5. The molecule has 2 aromatic rings. The summed E-state index contributed by atoms with van der Waals surface area (Å²) in [6.45, 7) is 0.155. The fraction of sp³-hybridized carbons (Fsp3) is 0.278. The second kappa shape index (κ2) is 6.32. The zero-order chi connectivity index (χ0) is 16.4. The summed E-state index contributed by atoms with van der Waals surface area (Å²) in [7, 11) is 0. The van der Waals surface area contributed by atoms with Crippen molar-refractivity contribution in [1.29, 1.82) is 0 Å². The predicted octanol–water partition coefficient (Wildman–Crippen LogP) is 2.89. The summed E-state index contributed by atoms with van der Waals surface area (Å²) < 4.78 is 0. The Balaban J connectivity index is 1.80. The maximum absolute atomic E-state index is 11.9. The van der Waals surface area contributed by atoms with E-state index in [1.165, 1.54) is 0 Å². The fourth-order valence-corrected chi connectivity index (χ4v) is 3.29. The molecule has 23 heavy (non-hydrogen) atoms. The number of aryl methyl sites for hydroxylation is 1. The van der Waals surface area contributed by atoms with Crippen molar-refractivity contribution >= 4 is 17.6 Å². The van der Waals surface area contributed by atoms with Gasteiger partial charge in [-0.2, -0.15) is 0 Å². The number of aliphatic carboxylic acids is 1. The Morgan fingerprint density at radius 2 is 1.91 bits per heavy atom. The van der Waals surface area contributed by atoms with E-state index < -0.39 is 17.6 Å². The Morgan fingerprint density at radius 3 is 2.61 bits per heavy atom. The summed E-state index contributed by atoms with van der Waals surface area (Å²) >= 11 is 5.84. The maximum atomic E-state index is 11.9. The molecule has 1 aliphatic carbocycles. The summed E-state index contributed by atoms with van der Waals surface area (Å²) in [6, 6.07) is 14.5. The van der Waals surface area contributed by atoms with Gasteiger partial charge in [0.25, 0.3) is 0 Å². The highest BCUT2D eigenvalue weighted by molar-refractivity contribution is 6.30. The molecule has 0 amide bonds. The van der Waals surface area contributed by atoms with E-state index in [0.717, 1.165) is 11.1 Å². The third-order valence-electron chi connectivity index (χ3n) is 4.46. The minimum atomic E-state index is -1.13. The van der Waals surface area contributed by atoms with Crippen LogP contribution in [-0.4, -0.2) is 22.7 Å².